The monoisotopic (exact) mass is 378 g/mol. The summed E-state index contributed by atoms with van der Waals surface area (Å²) >= 11 is 1.46. The zero-order valence-corrected chi connectivity index (χ0v) is 15.3. The summed E-state index contributed by atoms with van der Waals surface area (Å²) in [5.74, 6) is -0.500. The number of nitrogens with zero attached hydrogens (tertiary/aromatic N) is 2. The molecule has 0 unspecified atom stereocenters. The minimum Gasteiger partial charge on any atom is -0.349 e. The van der Waals surface area contributed by atoms with Gasteiger partial charge in [-0.05, 0) is 24.3 Å². The SMILES string of the molecule is C=CCNC(=O)c1ccccc1NC(=O)Cc1csc(-c2cccnc2)n1. The van der Waals surface area contributed by atoms with Crippen molar-refractivity contribution in [3.8, 4) is 10.6 Å². The van der Waals surface area contributed by atoms with Gasteiger partial charge in [-0.25, -0.2) is 4.98 Å². The topological polar surface area (TPSA) is 84.0 Å². The second-order valence-corrected chi connectivity index (χ2v) is 6.51. The van der Waals surface area contributed by atoms with Gasteiger partial charge in [-0.15, -0.1) is 17.9 Å². The maximum Gasteiger partial charge on any atom is 0.253 e. The van der Waals surface area contributed by atoms with Gasteiger partial charge in [0, 0.05) is 29.9 Å². The molecular weight excluding hydrogens is 360 g/mol. The Morgan fingerprint density at radius 3 is 2.81 bits per heavy atom. The molecule has 3 rings (SSSR count). The van der Waals surface area contributed by atoms with Crippen LogP contribution in [0.4, 0.5) is 5.69 Å². The molecule has 2 heterocycles. The van der Waals surface area contributed by atoms with E-state index in [1.807, 2.05) is 17.5 Å². The molecule has 2 amide bonds. The van der Waals surface area contributed by atoms with Crippen LogP contribution in [0.1, 0.15) is 16.1 Å². The van der Waals surface area contributed by atoms with Gasteiger partial charge in [0.25, 0.3) is 5.91 Å². The summed E-state index contributed by atoms with van der Waals surface area (Å²) in [6, 6.07) is 10.6. The largest absolute Gasteiger partial charge is 0.349 e. The van der Waals surface area contributed by atoms with Crippen LogP contribution in [0.25, 0.3) is 10.6 Å². The molecule has 0 atom stereocenters. The highest BCUT2D eigenvalue weighted by molar-refractivity contribution is 7.13. The van der Waals surface area contributed by atoms with Gasteiger partial charge < -0.3 is 10.6 Å². The lowest BCUT2D eigenvalue weighted by molar-refractivity contribution is -0.115. The third-order valence-electron chi connectivity index (χ3n) is 3.65. The molecule has 2 aromatic heterocycles. The van der Waals surface area contributed by atoms with E-state index in [1.165, 1.54) is 11.3 Å². The molecule has 0 aliphatic rings. The summed E-state index contributed by atoms with van der Waals surface area (Å²) < 4.78 is 0. The van der Waals surface area contributed by atoms with Crippen LogP contribution in [-0.2, 0) is 11.2 Å². The van der Waals surface area contributed by atoms with Crippen molar-refractivity contribution in [2.24, 2.45) is 0 Å². The van der Waals surface area contributed by atoms with Crippen LogP contribution in [0.5, 0.6) is 0 Å². The fourth-order valence-corrected chi connectivity index (χ4v) is 3.23. The summed E-state index contributed by atoms with van der Waals surface area (Å²) in [4.78, 5) is 33.2. The molecule has 1 aromatic carbocycles. The van der Waals surface area contributed by atoms with Gasteiger partial charge in [0.15, 0.2) is 0 Å². The van der Waals surface area contributed by atoms with E-state index in [4.69, 9.17) is 0 Å². The zero-order valence-electron chi connectivity index (χ0n) is 14.5. The van der Waals surface area contributed by atoms with Crippen LogP contribution in [0, 0.1) is 0 Å². The van der Waals surface area contributed by atoms with E-state index < -0.39 is 0 Å². The van der Waals surface area contributed by atoms with Crippen LogP contribution >= 0.6 is 11.3 Å². The lowest BCUT2D eigenvalue weighted by atomic mass is 10.1. The summed E-state index contributed by atoms with van der Waals surface area (Å²) in [5.41, 5.74) is 2.46. The molecule has 0 bridgehead atoms. The number of thiazole rings is 1. The standard InChI is InChI=1S/C20H18N4O2S/c1-2-9-22-19(26)16-7-3-4-8-17(16)24-18(25)11-15-13-27-20(23-15)14-6-5-10-21-12-14/h2-8,10,12-13H,1,9,11H2,(H,22,26)(H,24,25). The van der Waals surface area contributed by atoms with Crippen LogP contribution in [-0.4, -0.2) is 28.3 Å². The first kappa shape index (κ1) is 18.5. The minimum atomic E-state index is -0.265. The van der Waals surface area contributed by atoms with Crippen LogP contribution in [0.15, 0.2) is 66.8 Å². The predicted molar refractivity (Wildman–Crippen MR) is 107 cm³/mol. The van der Waals surface area contributed by atoms with Crippen molar-refractivity contribution in [3.63, 3.8) is 0 Å². The zero-order chi connectivity index (χ0) is 19.1. The third kappa shape index (κ3) is 4.86. The number of hydrogen-bond acceptors (Lipinski definition) is 5. The van der Waals surface area contributed by atoms with E-state index in [0.717, 1.165) is 10.6 Å². The van der Waals surface area contributed by atoms with E-state index >= 15 is 0 Å². The third-order valence-corrected chi connectivity index (χ3v) is 4.59. The molecule has 0 saturated carbocycles. The Labute approximate surface area is 161 Å². The van der Waals surface area contributed by atoms with E-state index in [2.05, 4.69) is 27.2 Å². The van der Waals surface area contributed by atoms with E-state index in [1.54, 1.807) is 42.7 Å². The van der Waals surface area contributed by atoms with Crippen molar-refractivity contribution in [2.45, 2.75) is 6.42 Å². The Bertz CT molecular complexity index is 953. The summed E-state index contributed by atoms with van der Waals surface area (Å²) in [6.45, 7) is 3.93. The molecular formula is C20H18N4O2S. The van der Waals surface area contributed by atoms with Gasteiger partial charge in [0.2, 0.25) is 5.91 Å². The smallest absolute Gasteiger partial charge is 0.253 e. The predicted octanol–water partition coefficient (Wildman–Crippen LogP) is 3.30. The van der Waals surface area contributed by atoms with Crippen molar-refractivity contribution in [2.75, 3.05) is 11.9 Å². The molecule has 2 N–H and O–H groups in total. The molecule has 136 valence electrons. The summed E-state index contributed by atoms with van der Waals surface area (Å²) in [7, 11) is 0. The van der Waals surface area contributed by atoms with E-state index in [0.29, 0.717) is 23.5 Å². The molecule has 7 heteroatoms. The van der Waals surface area contributed by atoms with Crippen molar-refractivity contribution in [3.05, 3.63) is 78.1 Å². The van der Waals surface area contributed by atoms with Gasteiger partial charge in [-0.2, -0.15) is 0 Å². The Balaban J connectivity index is 1.67. The van der Waals surface area contributed by atoms with Crippen LogP contribution < -0.4 is 10.6 Å². The van der Waals surface area contributed by atoms with Gasteiger partial charge in [-0.1, -0.05) is 18.2 Å². The Hall–Kier alpha value is -3.32. The highest BCUT2D eigenvalue weighted by atomic mass is 32.1. The molecule has 0 saturated heterocycles. The number of aromatic nitrogens is 2. The number of anilines is 1. The van der Waals surface area contributed by atoms with Crippen molar-refractivity contribution >= 4 is 28.8 Å². The minimum absolute atomic E-state index is 0.124. The van der Waals surface area contributed by atoms with E-state index in [9.17, 15) is 9.59 Å². The second-order valence-electron chi connectivity index (χ2n) is 5.65. The van der Waals surface area contributed by atoms with E-state index in [-0.39, 0.29) is 18.2 Å². The normalized spacial score (nSPS) is 10.2. The van der Waals surface area contributed by atoms with Crippen LogP contribution in [0.3, 0.4) is 0 Å². The molecule has 0 spiro atoms. The maximum absolute atomic E-state index is 12.4. The molecule has 0 aliphatic carbocycles. The Morgan fingerprint density at radius 1 is 1.19 bits per heavy atom. The molecule has 0 radical (unpaired) electrons. The van der Waals surface area contributed by atoms with Crippen LogP contribution in [0.2, 0.25) is 0 Å². The number of nitrogens with one attached hydrogen (secondary N) is 2. The fraction of sp³-hybridized carbons (Fsp3) is 0.100. The molecule has 0 fully saturated rings. The molecule has 27 heavy (non-hydrogen) atoms. The lowest BCUT2D eigenvalue weighted by Gasteiger charge is -2.10. The number of para-hydroxylation sites is 1. The summed E-state index contributed by atoms with van der Waals surface area (Å²) in [5, 5.41) is 8.17. The average Bonchev–Trinajstić information content (AvgIpc) is 3.15. The number of hydrogen-bond donors (Lipinski definition) is 2. The molecule has 3 aromatic rings. The van der Waals surface area contributed by atoms with Gasteiger partial charge in [0.1, 0.15) is 5.01 Å². The molecule has 0 aliphatic heterocycles. The van der Waals surface area contributed by atoms with Crippen molar-refractivity contribution in [1.29, 1.82) is 0 Å². The van der Waals surface area contributed by atoms with Crippen molar-refractivity contribution in [1.82, 2.24) is 15.3 Å². The first-order valence-corrected chi connectivity index (χ1v) is 9.18. The number of amides is 2. The fourth-order valence-electron chi connectivity index (χ4n) is 2.42. The van der Waals surface area contributed by atoms with Crippen molar-refractivity contribution < 1.29 is 9.59 Å². The average molecular weight is 378 g/mol. The highest BCUT2D eigenvalue weighted by Gasteiger charge is 2.14. The second kappa shape index (κ2) is 8.86. The Morgan fingerprint density at radius 2 is 2.04 bits per heavy atom. The van der Waals surface area contributed by atoms with Gasteiger partial charge in [-0.3, -0.25) is 14.6 Å². The number of benzene rings is 1. The highest BCUT2D eigenvalue weighted by Crippen LogP contribution is 2.23. The number of rotatable bonds is 7. The maximum atomic E-state index is 12.4. The van der Waals surface area contributed by atoms with Gasteiger partial charge in [0.05, 0.1) is 23.4 Å². The summed E-state index contributed by atoms with van der Waals surface area (Å²) in [6.07, 6.45) is 5.16. The number of carbonyl (C=O) groups excluding carboxylic acids is 2. The first-order chi connectivity index (χ1) is 13.2. The molecule has 6 nitrogen and oxygen atoms in total. The Kier molecular flexibility index (Phi) is 6.06. The lowest BCUT2D eigenvalue weighted by Crippen LogP contribution is -2.25. The number of carbonyl (C=O) groups is 2. The quantitative estimate of drug-likeness (QED) is 0.618. The van der Waals surface area contributed by atoms with Gasteiger partial charge >= 0.3 is 0 Å². The number of pyridine rings is 1. The first-order valence-electron chi connectivity index (χ1n) is 8.30.